The Morgan fingerprint density at radius 1 is 1.21 bits per heavy atom. The molecule has 0 radical (unpaired) electrons. The summed E-state index contributed by atoms with van der Waals surface area (Å²) in [6, 6.07) is 0.348. The summed E-state index contributed by atoms with van der Waals surface area (Å²) in [5.74, 6) is 0. The number of nitrogens with zero attached hydrogens (tertiary/aromatic N) is 1. The van der Waals surface area contributed by atoms with E-state index in [1.165, 1.54) is 12.8 Å². The molecule has 2 N–H and O–H groups in total. The van der Waals surface area contributed by atoms with Gasteiger partial charge in [-0.15, -0.1) is 0 Å². The fraction of sp³-hybridized carbons (Fsp3) is 1.00. The minimum absolute atomic E-state index is 0.0422. The van der Waals surface area contributed by atoms with Gasteiger partial charge in [0.1, 0.15) is 0 Å². The quantitative estimate of drug-likeness (QED) is 0.818. The molecule has 112 valence electrons. The van der Waals surface area contributed by atoms with E-state index in [0.29, 0.717) is 6.54 Å². The Kier molecular flexibility index (Phi) is 5.22. The normalized spacial score (nSPS) is 32.1. The van der Waals surface area contributed by atoms with E-state index in [1.807, 2.05) is 13.8 Å². The van der Waals surface area contributed by atoms with Crippen molar-refractivity contribution in [2.75, 3.05) is 13.1 Å². The molecule has 0 aliphatic carbocycles. The molecule has 2 saturated heterocycles. The van der Waals surface area contributed by atoms with Crippen molar-refractivity contribution in [3.05, 3.63) is 0 Å². The first kappa shape index (κ1) is 15.2. The topological polar surface area (TPSA) is 61.4 Å². The predicted octanol–water partition coefficient (Wildman–Crippen LogP) is 1.23. The average molecular weight is 289 g/mol. The zero-order chi connectivity index (χ0) is 13.9. The second kappa shape index (κ2) is 6.52. The van der Waals surface area contributed by atoms with Gasteiger partial charge in [-0.05, 0) is 46.1 Å². The van der Waals surface area contributed by atoms with Crippen LogP contribution in [-0.4, -0.2) is 43.9 Å². The van der Waals surface area contributed by atoms with Gasteiger partial charge < -0.3 is 5.32 Å². The van der Waals surface area contributed by atoms with Crippen LogP contribution in [0.15, 0.2) is 0 Å². The molecule has 5 nitrogen and oxygen atoms in total. The van der Waals surface area contributed by atoms with Gasteiger partial charge in [0.05, 0.1) is 0 Å². The molecule has 0 saturated carbocycles. The summed E-state index contributed by atoms with van der Waals surface area (Å²) in [5.41, 5.74) is 0. The van der Waals surface area contributed by atoms with Crippen molar-refractivity contribution in [1.82, 2.24) is 14.3 Å². The Bertz CT molecular complexity index is 379. The third-order valence-corrected chi connectivity index (χ3v) is 6.17. The number of piperidine rings is 2. The van der Waals surface area contributed by atoms with Crippen molar-refractivity contribution >= 4 is 10.2 Å². The Morgan fingerprint density at radius 2 is 1.95 bits per heavy atom. The van der Waals surface area contributed by atoms with Crippen LogP contribution in [0, 0.1) is 0 Å². The SMILES string of the molecule is CC(NS(=O)(=O)N1CCCCC1C)C1CCCCN1. The van der Waals surface area contributed by atoms with E-state index in [0.717, 1.165) is 32.2 Å². The van der Waals surface area contributed by atoms with Gasteiger partial charge in [0.2, 0.25) is 0 Å². The highest BCUT2D eigenvalue weighted by Crippen LogP contribution is 2.20. The van der Waals surface area contributed by atoms with Gasteiger partial charge in [-0.25, -0.2) is 0 Å². The molecule has 0 spiro atoms. The molecule has 0 amide bonds. The molecule has 6 heteroatoms. The lowest BCUT2D eigenvalue weighted by Crippen LogP contribution is -2.55. The van der Waals surface area contributed by atoms with Crippen LogP contribution >= 0.6 is 0 Å². The van der Waals surface area contributed by atoms with Crippen molar-refractivity contribution in [3.63, 3.8) is 0 Å². The van der Waals surface area contributed by atoms with Gasteiger partial charge in [0, 0.05) is 24.7 Å². The average Bonchev–Trinajstić information content (AvgIpc) is 2.39. The van der Waals surface area contributed by atoms with Gasteiger partial charge in [-0.1, -0.05) is 12.8 Å². The van der Waals surface area contributed by atoms with Crippen LogP contribution in [0.2, 0.25) is 0 Å². The number of hydrogen-bond donors (Lipinski definition) is 2. The monoisotopic (exact) mass is 289 g/mol. The maximum Gasteiger partial charge on any atom is 0.279 e. The standard InChI is InChI=1S/C13H27N3O2S/c1-11-7-4-6-10-16(11)19(17,18)15-12(2)13-8-3-5-9-14-13/h11-15H,3-10H2,1-2H3. The van der Waals surface area contributed by atoms with Crippen LogP contribution in [0.25, 0.3) is 0 Å². The highest BCUT2D eigenvalue weighted by Gasteiger charge is 2.32. The molecule has 3 unspecified atom stereocenters. The van der Waals surface area contributed by atoms with Crippen molar-refractivity contribution in [1.29, 1.82) is 0 Å². The lowest BCUT2D eigenvalue weighted by Gasteiger charge is -2.35. The molecule has 2 fully saturated rings. The smallest absolute Gasteiger partial charge is 0.279 e. The van der Waals surface area contributed by atoms with E-state index in [9.17, 15) is 8.42 Å². The van der Waals surface area contributed by atoms with Crippen LogP contribution in [0.3, 0.4) is 0 Å². The molecule has 0 bridgehead atoms. The molecular formula is C13H27N3O2S. The first-order valence-corrected chi connectivity index (χ1v) is 8.97. The van der Waals surface area contributed by atoms with E-state index in [2.05, 4.69) is 10.0 Å². The largest absolute Gasteiger partial charge is 0.312 e. The number of nitrogens with one attached hydrogen (secondary N) is 2. The van der Waals surface area contributed by atoms with Crippen LogP contribution in [-0.2, 0) is 10.2 Å². The van der Waals surface area contributed by atoms with Gasteiger partial charge in [0.15, 0.2) is 0 Å². The van der Waals surface area contributed by atoms with E-state index < -0.39 is 10.2 Å². The number of rotatable bonds is 4. The minimum atomic E-state index is -3.34. The molecule has 2 aliphatic rings. The van der Waals surface area contributed by atoms with Crippen LogP contribution in [0.5, 0.6) is 0 Å². The summed E-state index contributed by atoms with van der Waals surface area (Å²) in [7, 11) is -3.34. The Morgan fingerprint density at radius 3 is 2.58 bits per heavy atom. The lowest BCUT2D eigenvalue weighted by molar-refractivity contribution is 0.260. The predicted molar refractivity (Wildman–Crippen MR) is 77.2 cm³/mol. The maximum atomic E-state index is 12.4. The first-order valence-electron chi connectivity index (χ1n) is 7.53. The second-order valence-corrected chi connectivity index (χ2v) is 7.58. The molecule has 3 atom stereocenters. The molecule has 0 aromatic heterocycles. The van der Waals surface area contributed by atoms with Crippen LogP contribution in [0.1, 0.15) is 52.4 Å². The lowest BCUT2D eigenvalue weighted by atomic mass is 10.00. The van der Waals surface area contributed by atoms with Crippen LogP contribution < -0.4 is 10.0 Å². The van der Waals surface area contributed by atoms with Crippen molar-refractivity contribution in [2.24, 2.45) is 0 Å². The van der Waals surface area contributed by atoms with E-state index >= 15 is 0 Å². The zero-order valence-electron chi connectivity index (χ0n) is 12.1. The van der Waals surface area contributed by atoms with E-state index in [4.69, 9.17) is 0 Å². The van der Waals surface area contributed by atoms with Crippen molar-refractivity contribution in [2.45, 2.75) is 70.5 Å². The van der Waals surface area contributed by atoms with E-state index in [-0.39, 0.29) is 18.1 Å². The third kappa shape index (κ3) is 3.90. The minimum Gasteiger partial charge on any atom is -0.312 e. The Labute approximate surface area is 117 Å². The third-order valence-electron chi connectivity index (χ3n) is 4.34. The van der Waals surface area contributed by atoms with E-state index in [1.54, 1.807) is 4.31 Å². The molecule has 0 aromatic carbocycles. The second-order valence-electron chi connectivity index (χ2n) is 5.92. The molecule has 2 aliphatic heterocycles. The first-order chi connectivity index (χ1) is 9.00. The highest BCUT2D eigenvalue weighted by atomic mass is 32.2. The van der Waals surface area contributed by atoms with Crippen molar-refractivity contribution in [3.8, 4) is 0 Å². The molecule has 2 rings (SSSR count). The van der Waals surface area contributed by atoms with Gasteiger partial charge in [0.25, 0.3) is 10.2 Å². The molecular weight excluding hydrogens is 262 g/mol. The summed E-state index contributed by atoms with van der Waals surface area (Å²) in [6.07, 6.45) is 6.51. The van der Waals surface area contributed by atoms with Crippen molar-refractivity contribution < 1.29 is 8.42 Å². The van der Waals surface area contributed by atoms with Crippen LogP contribution in [0.4, 0.5) is 0 Å². The fourth-order valence-corrected chi connectivity index (χ4v) is 4.84. The summed E-state index contributed by atoms with van der Waals surface area (Å²) >= 11 is 0. The fourth-order valence-electron chi connectivity index (χ4n) is 3.12. The summed E-state index contributed by atoms with van der Waals surface area (Å²) in [6.45, 7) is 5.62. The zero-order valence-corrected chi connectivity index (χ0v) is 12.9. The summed E-state index contributed by atoms with van der Waals surface area (Å²) in [4.78, 5) is 0. The van der Waals surface area contributed by atoms with Gasteiger partial charge in [-0.3, -0.25) is 0 Å². The Hall–Kier alpha value is -0.170. The number of hydrogen-bond acceptors (Lipinski definition) is 3. The molecule has 2 heterocycles. The molecule has 19 heavy (non-hydrogen) atoms. The van der Waals surface area contributed by atoms with Gasteiger partial charge in [-0.2, -0.15) is 17.4 Å². The van der Waals surface area contributed by atoms with Gasteiger partial charge >= 0.3 is 0 Å². The summed E-state index contributed by atoms with van der Waals surface area (Å²) < 4.78 is 29.4. The maximum absolute atomic E-state index is 12.4. The highest BCUT2D eigenvalue weighted by molar-refractivity contribution is 7.87. The Balaban J connectivity index is 1.95. The molecule has 0 aromatic rings. The summed E-state index contributed by atoms with van der Waals surface area (Å²) in [5, 5.41) is 3.41.